The first-order chi connectivity index (χ1) is 9.48. The van der Waals surface area contributed by atoms with Crippen LogP contribution in [0.1, 0.15) is 12.8 Å². The smallest absolute Gasteiger partial charge is 0.243 e. The molecule has 0 aliphatic carbocycles. The predicted molar refractivity (Wildman–Crippen MR) is 76.0 cm³/mol. The molecule has 1 fully saturated rings. The molecule has 1 aromatic carbocycles. The Hall–Kier alpha value is -1.31. The number of nitrogens with two attached hydrogens (primary N) is 1. The molecule has 1 atom stereocenters. The fourth-order valence-electron chi connectivity index (χ4n) is 2.46. The summed E-state index contributed by atoms with van der Waals surface area (Å²) < 4.78 is 31.5. The minimum atomic E-state index is -3.52. The van der Waals surface area contributed by atoms with E-state index in [2.05, 4.69) is 0 Å². The largest absolute Gasteiger partial charge is 0.495 e. The van der Waals surface area contributed by atoms with Gasteiger partial charge in [0, 0.05) is 19.7 Å². The highest BCUT2D eigenvalue weighted by atomic mass is 32.2. The van der Waals surface area contributed by atoms with Gasteiger partial charge >= 0.3 is 0 Å². The van der Waals surface area contributed by atoms with Gasteiger partial charge in [-0.15, -0.1) is 0 Å². The van der Waals surface area contributed by atoms with Crippen molar-refractivity contribution in [2.45, 2.75) is 17.7 Å². The van der Waals surface area contributed by atoms with Crippen LogP contribution in [0.15, 0.2) is 23.1 Å². The van der Waals surface area contributed by atoms with E-state index >= 15 is 0 Å². The average molecular weight is 300 g/mol. The molecule has 1 unspecified atom stereocenters. The highest BCUT2D eigenvalue weighted by Gasteiger charge is 2.32. The van der Waals surface area contributed by atoms with Crippen molar-refractivity contribution < 1.29 is 18.3 Å². The standard InChI is InChI=1S/C13H20N2O4S/c1-19-13-3-2-11(8-12(13)14)20(17,18)15-6-4-10(9-15)5-7-16/h2-3,8,10,16H,4-7,9,14H2,1H3. The second kappa shape index (κ2) is 5.99. The molecule has 0 spiro atoms. The molecule has 0 radical (unpaired) electrons. The molecular weight excluding hydrogens is 280 g/mol. The lowest BCUT2D eigenvalue weighted by Gasteiger charge is -2.17. The molecule has 1 aliphatic rings. The van der Waals surface area contributed by atoms with E-state index in [4.69, 9.17) is 15.6 Å². The summed E-state index contributed by atoms with van der Waals surface area (Å²) in [6.07, 6.45) is 1.42. The number of aliphatic hydroxyl groups excluding tert-OH is 1. The number of hydrogen-bond acceptors (Lipinski definition) is 5. The topological polar surface area (TPSA) is 92.9 Å². The Morgan fingerprint density at radius 1 is 1.50 bits per heavy atom. The Bertz CT molecular complexity index is 574. The number of aliphatic hydroxyl groups is 1. The van der Waals surface area contributed by atoms with Crippen LogP contribution in [0.5, 0.6) is 5.75 Å². The van der Waals surface area contributed by atoms with Crippen LogP contribution in [-0.4, -0.2) is 44.6 Å². The van der Waals surface area contributed by atoms with E-state index in [1.807, 2.05) is 0 Å². The SMILES string of the molecule is COc1ccc(S(=O)(=O)N2CCC(CCO)C2)cc1N. The summed E-state index contributed by atoms with van der Waals surface area (Å²) in [6.45, 7) is 1.03. The third-order valence-corrected chi connectivity index (χ3v) is 5.49. The van der Waals surface area contributed by atoms with Crippen LogP contribution >= 0.6 is 0 Å². The Morgan fingerprint density at radius 2 is 2.25 bits per heavy atom. The molecule has 2 rings (SSSR count). The Kier molecular flexibility index (Phi) is 4.52. The van der Waals surface area contributed by atoms with Crippen LogP contribution in [0.25, 0.3) is 0 Å². The van der Waals surface area contributed by atoms with E-state index < -0.39 is 10.0 Å². The van der Waals surface area contributed by atoms with Gasteiger partial charge in [-0.1, -0.05) is 0 Å². The third kappa shape index (κ3) is 2.89. The van der Waals surface area contributed by atoms with Gasteiger partial charge in [0.05, 0.1) is 17.7 Å². The van der Waals surface area contributed by atoms with Gasteiger partial charge in [-0.05, 0) is 37.0 Å². The molecule has 1 saturated heterocycles. The molecule has 6 nitrogen and oxygen atoms in total. The second-order valence-electron chi connectivity index (χ2n) is 4.93. The van der Waals surface area contributed by atoms with Crippen molar-refractivity contribution >= 4 is 15.7 Å². The summed E-state index contributed by atoms with van der Waals surface area (Å²) in [5.41, 5.74) is 6.07. The molecular formula is C13H20N2O4S. The third-order valence-electron chi connectivity index (χ3n) is 3.62. The lowest BCUT2D eigenvalue weighted by molar-refractivity contribution is 0.259. The fourth-order valence-corrected chi connectivity index (χ4v) is 4.02. The highest BCUT2D eigenvalue weighted by molar-refractivity contribution is 7.89. The fraction of sp³-hybridized carbons (Fsp3) is 0.538. The zero-order chi connectivity index (χ0) is 14.8. The van der Waals surface area contributed by atoms with E-state index in [0.29, 0.717) is 30.9 Å². The van der Waals surface area contributed by atoms with Gasteiger partial charge in [-0.3, -0.25) is 0 Å². The molecule has 1 aromatic rings. The summed E-state index contributed by atoms with van der Waals surface area (Å²) in [4.78, 5) is 0.181. The van der Waals surface area contributed by atoms with Gasteiger partial charge in [0.1, 0.15) is 5.75 Å². The van der Waals surface area contributed by atoms with Gasteiger partial charge in [0.25, 0.3) is 0 Å². The number of sulfonamides is 1. The van der Waals surface area contributed by atoms with Crippen LogP contribution in [0, 0.1) is 5.92 Å². The highest BCUT2D eigenvalue weighted by Crippen LogP contribution is 2.29. The lowest BCUT2D eigenvalue weighted by atomic mass is 10.1. The number of rotatable bonds is 5. The van der Waals surface area contributed by atoms with E-state index in [-0.39, 0.29) is 17.4 Å². The Morgan fingerprint density at radius 3 is 2.85 bits per heavy atom. The first kappa shape index (κ1) is 15.1. The van der Waals surface area contributed by atoms with Gasteiger partial charge in [0.15, 0.2) is 0 Å². The number of benzene rings is 1. The number of anilines is 1. The van der Waals surface area contributed by atoms with Crippen LogP contribution in [-0.2, 0) is 10.0 Å². The summed E-state index contributed by atoms with van der Waals surface area (Å²) in [6, 6.07) is 4.49. The lowest BCUT2D eigenvalue weighted by Crippen LogP contribution is -2.29. The van der Waals surface area contributed by atoms with E-state index in [9.17, 15) is 8.42 Å². The predicted octanol–water partition coefficient (Wildman–Crippen LogP) is 0.670. The first-order valence-corrected chi connectivity index (χ1v) is 7.97. The zero-order valence-corrected chi connectivity index (χ0v) is 12.3. The molecule has 1 aliphatic heterocycles. The summed E-state index contributed by atoms with van der Waals surface area (Å²) in [5.74, 6) is 0.689. The van der Waals surface area contributed by atoms with Crippen molar-refractivity contribution in [3.8, 4) is 5.75 Å². The van der Waals surface area contributed by atoms with Crippen molar-refractivity contribution in [3.05, 3.63) is 18.2 Å². The van der Waals surface area contributed by atoms with E-state index in [1.54, 1.807) is 6.07 Å². The Labute approximate surface area is 119 Å². The molecule has 112 valence electrons. The summed E-state index contributed by atoms with van der Waals surface area (Å²) in [7, 11) is -2.04. The number of methoxy groups -OCH3 is 1. The van der Waals surface area contributed by atoms with Gasteiger partial charge < -0.3 is 15.6 Å². The van der Waals surface area contributed by atoms with Gasteiger partial charge in [-0.25, -0.2) is 8.42 Å². The molecule has 0 aromatic heterocycles. The first-order valence-electron chi connectivity index (χ1n) is 6.53. The maximum atomic E-state index is 12.5. The number of hydrogen-bond donors (Lipinski definition) is 2. The van der Waals surface area contributed by atoms with E-state index in [1.165, 1.54) is 23.5 Å². The number of nitrogens with zero attached hydrogens (tertiary/aromatic N) is 1. The Balaban J connectivity index is 2.21. The van der Waals surface area contributed by atoms with Crippen molar-refractivity contribution in [1.29, 1.82) is 0 Å². The molecule has 7 heteroatoms. The molecule has 1 heterocycles. The summed E-state index contributed by atoms with van der Waals surface area (Å²) in [5, 5.41) is 8.93. The second-order valence-corrected chi connectivity index (χ2v) is 6.87. The normalized spacial score (nSPS) is 20.2. The monoisotopic (exact) mass is 300 g/mol. The molecule has 0 saturated carbocycles. The van der Waals surface area contributed by atoms with Crippen LogP contribution in [0.3, 0.4) is 0 Å². The average Bonchev–Trinajstić information content (AvgIpc) is 2.88. The molecule has 0 bridgehead atoms. The van der Waals surface area contributed by atoms with E-state index in [0.717, 1.165) is 6.42 Å². The zero-order valence-electron chi connectivity index (χ0n) is 11.4. The van der Waals surface area contributed by atoms with Crippen LogP contribution in [0.2, 0.25) is 0 Å². The maximum absolute atomic E-state index is 12.5. The van der Waals surface area contributed by atoms with Gasteiger partial charge in [-0.2, -0.15) is 4.31 Å². The number of nitrogen functional groups attached to an aromatic ring is 1. The summed E-state index contributed by atoms with van der Waals surface area (Å²) >= 11 is 0. The molecule has 0 amide bonds. The van der Waals surface area contributed by atoms with Gasteiger partial charge in [0.2, 0.25) is 10.0 Å². The minimum absolute atomic E-state index is 0.0913. The minimum Gasteiger partial charge on any atom is -0.495 e. The maximum Gasteiger partial charge on any atom is 0.243 e. The van der Waals surface area contributed by atoms with Crippen molar-refractivity contribution in [1.82, 2.24) is 4.31 Å². The van der Waals surface area contributed by atoms with Crippen molar-refractivity contribution in [2.75, 3.05) is 32.5 Å². The van der Waals surface area contributed by atoms with Crippen molar-refractivity contribution in [2.24, 2.45) is 5.92 Å². The quantitative estimate of drug-likeness (QED) is 0.780. The molecule has 20 heavy (non-hydrogen) atoms. The van der Waals surface area contributed by atoms with Crippen molar-refractivity contribution in [3.63, 3.8) is 0 Å². The number of ether oxygens (including phenoxy) is 1. The van der Waals surface area contributed by atoms with Crippen LogP contribution in [0.4, 0.5) is 5.69 Å². The van der Waals surface area contributed by atoms with Crippen LogP contribution < -0.4 is 10.5 Å². The molecule has 3 N–H and O–H groups in total.